The predicted octanol–water partition coefficient (Wildman–Crippen LogP) is 1.62. The Morgan fingerprint density at radius 1 is 1.47 bits per heavy atom. The van der Waals surface area contributed by atoms with Crippen molar-refractivity contribution >= 4 is 5.69 Å². The van der Waals surface area contributed by atoms with Gasteiger partial charge in [0.1, 0.15) is 11.9 Å². The summed E-state index contributed by atoms with van der Waals surface area (Å²) in [5.41, 5.74) is 6.74. The lowest BCUT2D eigenvalue weighted by Gasteiger charge is -2.34. The Kier molecular flexibility index (Phi) is 3.11. The summed E-state index contributed by atoms with van der Waals surface area (Å²) in [6.07, 6.45) is 1.29. The highest BCUT2D eigenvalue weighted by Gasteiger charge is 2.21. The number of hydrogen-bond acceptors (Lipinski definition) is 3. The average Bonchev–Trinajstić information content (AvgIpc) is 2.25. The van der Waals surface area contributed by atoms with Crippen LogP contribution < -0.4 is 15.4 Å². The third kappa shape index (κ3) is 2.23. The van der Waals surface area contributed by atoms with E-state index in [0.717, 1.165) is 31.8 Å². The summed E-state index contributed by atoms with van der Waals surface area (Å²) in [7, 11) is 0. The van der Waals surface area contributed by atoms with Gasteiger partial charge in [-0.1, -0.05) is 12.1 Å². The topological polar surface area (TPSA) is 38.5 Å². The minimum Gasteiger partial charge on any atom is -0.487 e. The molecule has 1 aromatic carbocycles. The van der Waals surface area contributed by atoms with Crippen LogP contribution in [0.3, 0.4) is 0 Å². The van der Waals surface area contributed by atoms with Crippen LogP contribution in [0.2, 0.25) is 0 Å². The van der Waals surface area contributed by atoms with Gasteiger partial charge in [0.2, 0.25) is 0 Å². The molecule has 0 saturated carbocycles. The van der Waals surface area contributed by atoms with E-state index in [1.54, 1.807) is 0 Å². The van der Waals surface area contributed by atoms with E-state index < -0.39 is 0 Å². The summed E-state index contributed by atoms with van der Waals surface area (Å²) in [6, 6.07) is 8.20. The second-order valence-corrected chi connectivity index (χ2v) is 3.98. The van der Waals surface area contributed by atoms with E-state index in [9.17, 15) is 0 Å². The van der Waals surface area contributed by atoms with Gasteiger partial charge in [0.15, 0.2) is 0 Å². The van der Waals surface area contributed by atoms with Crippen LogP contribution in [-0.4, -0.2) is 25.7 Å². The van der Waals surface area contributed by atoms with Gasteiger partial charge in [0.25, 0.3) is 0 Å². The summed E-state index contributed by atoms with van der Waals surface area (Å²) >= 11 is 0. The molecule has 1 unspecified atom stereocenters. The molecule has 0 spiro atoms. The molecule has 1 heterocycles. The second-order valence-electron chi connectivity index (χ2n) is 3.98. The number of para-hydroxylation sites is 2. The van der Waals surface area contributed by atoms with Crippen molar-refractivity contribution in [1.29, 1.82) is 0 Å². The van der Waals surface area contributed by atoms with Crippen LogP contribution in [0.1, 0.15) is 13.3 Å². The van der Waals surface area contributed by atoms with Gasteiger partial charge < -0.3 is 15.4 Å². The first-order valence-corrected chi connectivity index (χ1v) is 5.52. The summed E-state index contributed by atoms with van der Waals surface area (Å²) < 4.78 is 5.77. The molecule has 1 atom stereocenters. The highest BCUT2D eigenvalue weighted by atomic mass is 16.5. The molecule has 82 valence electrons. The van der Waals surface area contributed by atoms with Crippen molar-refractivity contribution < 1.29 is 4.74 Å². The largest absolute Gasteiger partial charge is 0.487 e. The van der Waals surface area contributed by atoms with E-state index in [2.05, 4.69) is 17.9 Å². The summed E-state index contributed by atoms with van der Waals surface area (Å²) in [5.74, 6) is 0.994. The first-order chi connectivity index (χ1) is 7.31. The fraction of sp³-hybridized carbons (Fsp3) is 0.500. The van der Waals surface area contributed by atoms with Crippen molar-refractivity contribution in [1.82, 2.24) is 0 Å². The number of nitrogens with zero attached hydrogens (tertiary/aromatic N) is 1. The molecule has 3 heteroatoms. The maximum atomic E-state index is 5.77. The molecule has 1 aromatic rings. The molecule has 0 radical (unpaired) electrons. The second kappa shape index (κ2) is 4.53. The van der Waals surface area contributed by atoms with Gasteiger partial charge in [-0.15, -0.1) is 0 Å². The van der Waals surface area contributed by atoms with Gasteiger partial charge in [-0.25, -0.2) is 0 Å². The molecule has 15 heavy (non-hydrogen) atoms. The third-order valence-corrected chi connectivity index (χ3v) is 2.64. The number of rotatable bonds is 3. The van der Waals surface area contributed by atoms with E-state index in [0.29, 0.717) is 0 Å². The lowest BCUT2D eigenvalue weighted by Crippen LogP contribution is -2.39. The molecule has 0 fully saturated rings. The molecular formula is C12H18N2O. The van der Waals surface area contributed by atoms with Crippen LogP contribution in [0.25, 0.3) is 0 Å². The lowest BCUT2D eigenvalue weighted by atomic mass is 10.2. The number of fused-ring (bicyclic) bond motifs is 1. The fourth-order valence-electron chi connectivity index (χ4n) is 1.97. The van der Waals surface area contributed by atoms with Crippen LogP contribution in [0.5, 0.6) is 5.75 Å². The van der Waals surface area contributed by atoms with Gasteiger partial charge in [0.05, 0.1) is 12.2 Å². The SMILES string of the molecule is CC1CN(CCCN)c2ccccc2O1. The average molecular weight is 206 g/mol. The van der Waals surface area contributed by atoms with Gasteiger partial charge >= 0.3 is 0 Å². The Hall–Kier alpha value is -1.22. The Morgan fingerprint density at radius 3 is 3.07 bits per heavy atom. The van der Waals surface area contributed by atoms with Crippen LogP contribution >= 0.6 is 0 Å². The van der Waals surface area contributed by atoms with Gasteiger partial charge in [-0.2, -0.15) is 0 Å². The van der Waals surface area contributed by atoms with E-state index in [-0.39, 0.29) is 6.10 Å². The van der Waals surface area contributed by atoms with Gasteiger partial charge in [0, 0.05) is 6.54 Å². The first kappa shape index (κ1) is 10.3. The van der Waals surface area contributed by atoms with Crippen molar-refractivity contribution in [3.63, 3.8) is 0 Å². The summed E-state index contributed by atoms with van der Waals surface area (Å²) in [6.45, 7) is 4.82. The Bertz CT molecular complexity index is 327. The molecule has 3 nitrogen and oxygen atoms in total. The number of ether oxygens (including phenoxy) is 1. The third-order valence-electron chi connectivity index (χ3n) is 2.64. The Labute approximate surface area is 90.8 Å². The van der Waals surface area contributed by atoms with E-state index in [1.165, 1.54) is 5.69 Å². The number of nitrogens with two attached hydrogens (primary N) is 1. The fourth-order valence-corrected chi connectivity index (χ4v) is 1.97. The predicted molar refractivity (Wildman–Crippen MR) is 62.4 cm³/mol. The monoisotopic (exact) mass is 206 g/mol. The zero-order valence-electron chi connectivity index (χ0n) is 9.15. The maximum absolute atomic E-state index is 5.77. The maximum Gasteiger partial charge on any atom is 0.143 e. The highest BCUT2D eigenvalue weighted by Crippen LogP contribution is 2.32. The van der Waals surface area contributed by atoms with Crippen molar-refractivity contribution in [3.8, 4) is 5.75 Å². The van der Waals surface area contributed by atoms with Crippen molar-refractivity contribution in [2.45, 2.75) is 19.4 Å². The van der Waals surface area contributed by atoms with Crippen LogP contribution in [-0.2, 0) is 0 Å². The smallest absolute Gasteiger partial charge is 0.143 e. The number of benzene rings is 1. The highest BCUT2D eigenvalue weighted by molar-refractivity contribution is 5.59. The van der Waals surface area contributed by atoms with E-state index in [4.69, 9.17) is 10.5 Å². The zero-order valence-corrected chi connectivity index (χ0v) is 9.15. The molecule has 0 aliphatic carbocycles. The van der Waals surface area contributed by atoms with Crippen LogP contribution in [0.15, 0.2) is 24.3 Å². The van der Waals surface area contributed by atoms with E-state index >= 15 is 0 Å². The van der Waals surface area contributed by atoms with Gasteiger partial charge in [-0.3, -0.25) is 0 Å². The molecule has 2 rings (SSSR count). The molecule has 0 saturated heterocycles. The van der Waals surface area contributed by atoms with Crippen LogP contribution in [0.4, 0.5) is 5.69 Å². The molecule has 1 aliphatic rings. The molecule has 0 bridgehead atoms. The Morgan fingerprint density at radius 2 is 2.27 bits per heavy atom. The molecular weight excluding hydrogens is 188 g/mol. The minimum atomic E-state index is 0.262. The van der Waals surface area contributed by atoms with Gasteiger partial charge in [-0.05, 0) is 32.0 Å². The summed E-state index contributed by atoms with van der Waals surface area (Å²) in [5, 5.41) is 0. The zero-order chi connectivity index (χ0) is 10.7. The van der Waals surface area contributed by atoms with Crippen molar-refractivity contribution in [2.75, 3.05) is 24.5 Å². The van der Waals surface area contributed by atoms with Crippen LogP contribution in [0, 0.1) is 0 Å². The minimum absolute atomic E-state index is 0.262. The number of hydrogen-bond donors (Lipinski definition) is 1. The van der Waals surface area contributed by atoms with Crippen molar-refractivity contribution in [3.05, 3.63) is 24.3 Å². The van der Waals surface area contributed by atoms with E-state index in [1.807, 2.05) is 18.2 Å². The first-order valence-electron chi connectivity index (χ1n) is 5.52. The number of anilines is 1. The molecule has 0 aromatic heterocycles. The molecule has 2 N–H and O–H groups in total. The molecule has 1 aliphatic heterocycles. The Balaban J connectivity index is 2.18. The molecule has 0 amide bonds. The normalized spacial score (nSPS) is 19.6. The lowest BCUT2D eigenvalue weighted by molar-refractivity contribution is 0.212. The standard InChI is InChI=1S/C12H18N2O/c1-10-9-14(8-4-7-13)11-5-2-3-6-12(11)15-10/h2-3,5-6,10H,4,7-9,13H2,1H3. The summed E-state index contributed by atoms with van der Waals surface area (Å²) in [4.78, 5) is 2.36. The van der Waals surface area contributed by atoms with Crippen molar-refractivity contribution in [2.24, 2.45) is 5.73 Å². The quantitative estimate of drug-likeness (QED) is 0.816.